The van der Waals surface area contributed by atoms with Gasteiger partial charge >= 0.3 is 0 Å². The first-order valence-corrected chi connectivity index (χ1v) is 11.6. The molecule has 6 nitrogen and oxygen atoms in total. The molecule has 4 N–H and O–H groups in total. The highest BCUT2D eigenvalue weighted by Crippen LogP contribution is 2.33. The van der Waals surface area contributed by atoms with Crippen LogP contribution in [0.1, 0.15) is 64.0 Å². The van der Waals surface area contributed by atoms with Gasteiger partial charge in [-0.3, -0.25) is 4.99 Å². The second-order valence-corrected chi connectivity index (χ2v) is 9.09. The van der Waals surface area contributed by atoms with Crippen LogP contribution >= 0.6 is 24.0 Å². The third-order valence-electron chi connectivity index (χ3n) is 6.72. The van der Waals surface area contributed by atoms with Crippen LogP contribution < -0.4 is 16.0 Å². The van der Waals surface area contributed by atoms with Gasteiger partial charge in [0.1, 0.15) is 0 Å². The number of ether oxygens (including phenoxy) is 1. The SMILES string of the molecule is CCNC(=NCC1(CCO)CCOC1)NCC1(NC(C)c2ccccc2)CCCC1.I. The van der Waals surface area contributed by atoms with Crippen molar-refractivity contribution in [3.8, 4) is 0 Å². The first-order valence-electron chi connectivity index (χ1n) is 11.6. The summed E-state index contributed by atoms with van der Waals surface area (Å²) in [6.45, 7) is 8.38. The topological polar surface area (TPSA) is 77.9 Å². The molecule has 1 aromatic rings. The zero-order valence-electron chi connectivity index (χ0n) is 19.2. The van der Waals surface area contributed by atoms with Crippen LogP contribution in [-0.4, -0.2) is 56.1 Å². The van der Waals surface area contributed by atoms with E-state index in [9.17, 15) is 5.11 Å². The third-order valence-corrected chi connectivity index (χ3v) is 6.72. The number of benzene rings is 1. The molecule has 1 saturated carbocycles. The number of nitrogens with zero attached hydrogens (tertiary/aromatic N) is 1. The number of aliphatic hydroxyl groups excluding tert-OH is 1. The van der Waals surface area contributed by atoms with E-state index in [-0.39, 0.29) is 41.5 Å². The lowest BCUT2D eigenvalue weighted by atomic mass is 9.84. The molecule has 3 rings (SSSR count). The van der Waals surface area contributed by atoms with Crippen molar-refractivity contribution in [1.82, 2.24) is 16.0 Å². The second-order valence-electron chi connectivity index (χ2n) is 9.09. The van der Waals surface area contributed by atoms with Crippen molar-refractivity contribution in [2.24, 2.45) is 10.4 Å². The van der Waals surface area contributed by atoms with E-state index < -0.39 is 0 Å². The highest BCUT2D eigenvalue weighted by atomic mass is 127. The molecule has 1 aromatic carbocycles. The Kier molecular flexibility index (Phi) is 11.0. The maximum atomic E-state index is 9.48. The highest BCUT2D eigenvalue weighted by Gasteiger charge is 2.36. The first kappa shape index (κ1) is 26.4. The second kappa shape index (κ2) is 13.0. The molecule has 1 heterocycles. The molecule has 2 fully saturated rings. The zero-order valence-corrected chi connectivity index (χ0v) is 21.5. The van der Waals surface area contributed by atoms with Gasteiger partial charge < -0.3 is 25.8 Å². The minimum Gasteiger partial charge on any atom is -0.396 e. The van der Waals surface area contributed by atoms with Crippen LogP contribution in [0.15, 0.2) is 35.3 Å². The molecular weight excluding hydrogens is 503 g/mol. The molecule has 0 amide bonds. The Balaban J connectivity index is 0.00000341. The molecule has 1 saturated heterocycles. The van der Waals surface area contributed by atoms with E-state index in [0.717, 1.165) is 38.5 Å². The lowest BCUT2D eigenvalue weighted by Crippen LogP contribution is -2.54. The van der Waals surface area contributed by atoms with Crippen LogP contribution in [0.4, 0.5) is 0 Å². The molecule has 31 heavy (non-hydrogen) atoms. The zero-order chi connectivity index (χ0) is 21.3. The summed E-state index contributed by atoms with van der Waals surface area (Å²) >= 11 is 0. The molecule has 2 atom stereocenters. The van der Waals surface area contributed by atoms with Crippen molar-refractivity contribution in [3.05, 3.63) is 35.9 Å². The normalized spacial score (nSPS) is 23.9. The van der Waals surface area contributed by atoms with E-state index in [0.29, 0.717) is 19.2 Å². The molecule has 0 spiro atoms. The molecule has 0 aromatic heterocycles. The first-order chi connectivity index (χ1) is 14.6. The molecule has 2 aliphatic rings. The number of hydrogen-bond donors (Lipinski definition) is 4. The van der Waals surface area contributed by atoms with Crippen molar-refractivity contribution in [2.45, 2.75) is 64.0 Å². The predicted octanol–water partition coefficient (Wildman–Crippen LogP) is 3.61. The number of rotatable bonds is 10. The summed E-state index contributed by atoms with van der Waals surface area (Å²) in [5.74, 6) is 0.863. The van der Waals surface area contributed by atoms with Crippen LogP contribution in [0.3, 0.4) is 0 Å². The maximum absolute atomic E-state index is 9.48. The van der Waals surface area contributed by atoms with Crippen molar-refractivity contribution in [1.29, 1.82) is 0 Å². The van der Waals surface area contributed by atoms with Gasteiger partial charge in [0, 0.05) is 43.3 Å². The van der Waals surface area contributed by atoms with E-state index in [1.165, 1.54) is 31.2 Å². The number of nitrogens with one attached hydrogen (secondary N) is 3. The Morgan fingerprint density at radius 1 is 1.16 bits per heavy atom. The summed E-state index contributed by atoms with van der Waals surface area (Å²) in [6, 6.07) is 11.0. The molecule has 1 aliphatic carbocycles. The Morgan fingerprint density at radius 3 is 2.52 bits per heavy atom. The number of aliphatic imine (C=N–C) groups is 1. The fourth-order valence-corrected chi connectivity index (χ4v) is 4.84. The van der Waals surface area contributed by atoms with Gasteiger partial charge in [0.25, 0.3) is 0 Å². The van der Waals surface area contributed by atoms with E-state index in [4.69, 9.17) is 9.73 Å². The van der Waals surface area contributed by atoms with Gasteiger partial charge in [-0.05, 0) is 45.1 Å². The van der Waals surface area contributed by atoms with Gasteiger partial charge in [-0.25, -0.2) is 0 Å². The van der Waals surface area contributed by atoms with Crippen molar-refractivity contribution in [3.63, 3.8) is 0 Å². The monoisotopic (exact) mass is 544 g/mol. The van der Waals surface area contributed by atoms with Gasteiger partial charge in [-0.2, -0.15) is 0 Å². The van der Waals surface area contributed by atoms with Gasteiger partial charge in [0.2, 0.25) is 0 Å². The Bertz CT molecular complexity index is 659. The van der Waals surface area contributed by atoms with E-state index >= 15 is 0 Å². The van der Waals surface area contributed by atoms with Crippen LogP contribution in [-0.2, 0) is 4.74 Å². The van der Waals surface area contributed by atoms with Gasteiger partial charge in [-0.1, -0.05) is 43.2 Å². The van der Waals surface area contributed by atoms with Gasteiger partial charge in [-0.15, -0.1) is 24.0 Å². The molecule has 2 unspecified atom stereocenters. The number of guanidine groups is 1. The average Bonchev–Trinajstić information content (AvgIpc) is 3.42. The van der Waals surface area contributed by atoms with Crippen molar-refractivity contribution < 1.29 is 9.84 Å². The Labute approximate surface area is 205 Å². The molecule has 7 heteroatoms. The van der Waals surface area contributed by atoms with E-state index in [2.05, 4.69) is 60.1 Å². The molecular formula is C24H41IN4O2. The van der Waals surface area contributed by atoms with Crippen LogP contribution in [0.5, 0.6) is 0 Å². The third kappa shape index (κ3) is 7.58. The average molecular weight is 545 g/mol. The summed E-state index contributed by atoms with van der Waals surface area (Å²) < 4.78 is 5.62. The van der Waals surface area contributed by atoms with Crippen LogP contribution in [0.25, 0.3) is 0 Å². The van der Waals surface area contributed by atoms with Crippen molar-refractivity contribution >= 4 is 29.9 Å². The summed E-state index contributed by atoms with van der Waals surface area (Å²) in [6.07, 6.45) is 6.60. The summed E-state index contributed by atoms with van der Waals surface area (Å²) in [4.78, 5) is 4.89. The largest absolute Gasteiger partial charge is 0.396 e. The maximum Gasteiger partial charge on any atom is 0.191 e. The van der Waals surface area contributed by atoms with E-state index in [1.54, 1.807) is 0 Å². The molecule has 0 bridgehead atoms. The molecule has 176 valence electrons. The lowest BCUT2D eigenvalue weighted by Gasteiger charge is -2.35. The van der Waals surface area contributed by atoms with Crippen LogP contribution in [0.2, 0.25) is 0 Å². The Hall–Kier alpha value is -0.900. The van der Waals surface area contributed by atoms with Crippen LogP contribution in [0, 0.1) is 5.41 Å². The fraction of sp³-hybridized carbons (Fsp3) is 0.708. The lowest BCUT2D eigenvalue weighted by molar-refractivity contribution is 0.131. The van der Waals surface area contributed by atoms with Crippen molar-refractivity contribution in [2.75, 3.05) is 39.5 Å². The van der Waals surface area contributed by atoms with E-state index in [1.807, 2.05) is 0 Å². The molecule has 0 radical (unpaired) electrons. The van der Waals surface area contributed by atoms with Gasteiger partial charge in [0.05, 0.1) is 13.2 Å². The number of hydrogen-bond acceptors (Lipinski definition) is 4. The summed E-state index contributed by atoms with van der Waals surface area (Å²) in [5, 5.41) is 20.4. The predicted molar refractivity (Wildman–Crippen MR) is 138 cm³/mol. The minimum atomic E-state index is -0.0256. The Morgan fingerprint density at radius 2 is 1.90 bits per heavy atom. The summed E-state index contributed by atoms with van der Waals surface area (Å²) in [7, 11) is 0. The molecule has 1 aliphatic heterocycles. The standard InChI is InChI=1S/C24H40N4O2.HI/c1-3-25-22(26-17-23(13-15-29)14-16-30-19-23)27-18-24(11-7-8-12-24)28-20(2)21-9-5-4-6-10-21;/h4-6,9-10,20,28-29H,3,7-8,11-19H2,1-2H3,(H2,25,26,27);1H. The minimum absolute atomic E-state index is 0. The number of halogens is 1. The quantitative estimate of drug-likeness (QED) is 0.206. The smallest absolute Gasteiger partial charge is 0.191 e. The van der Waals surface area contributed by atoms with Gasteiger partial charge in [0.15, 0.2) is 5.96 Å². The number of aliphatic hydroxyl groups is 1. The summed E-state index contributed by atoms with van der Waals surface area (Å²) in [5.41, 5.74) is 1.39. The fourth-order valence-electron chi connectivity index (χ4n) is 4.84. The highest BCUT2D eigenvalue weighted by molar-refractivity contribution is 14.0.